The fraction of sp³-hybridized carbons (Fsp3) is 0.500. The molecule has 0 saturated heterocycles. The molecule has 1 aromatic carbocycles. The number of hydrogen-bond donors (Lipinski definition) is 1. The number of nitrogens with one attached hydrogen (secondary N) is 1. The SMILES string of the molecule is Cc1cnc2c(-c3ccc(F)c(C)c3)c(NC(=O)CC34CC5CC(CC(C5)C3)C4)nn2c1. The number of benzene rings is 1. The molecule has 4 saturated carbocycles. The molecule has 2 aromatic heterocycles. The van der Waals surface area contributed by atoms with Gasteiger partial charge in [-0.2, -0.15) is 0 Å². The number of aromatic nitrogens is 3. The summed E-state index contributed by atoms with van der Waals surface area (Å²) in [6.45, 7) is 3.70. The molecule has 1 amide bonds. The van der Waals surface area contributed by atoms with Gasteiger partial charge in [-0.3, -0.25) is 4.79 Å². The van der Waals surface area contributed by atoms with Crippen LogP contribution < -0.4 is 5.32 Å². The van der Waals surface area contributed by atoms with Crippen LogP contribution in [0.4, 0.5) is 10.2 Å². The van der Waals surface area contributed by atoms with Crippen LogP contribution in [0.3, 0.4) is 0 Å². The summed E-state index contributed by atoms with van der Waals surface area (Å²) < 4.78 is 15.6. The Bertz CT molecular complexity index is 1190. The van der Waals surface area contributed by atoms with Gasteiger partial charge in [0, 0.05) is 18.8 Å². The molecule has 0 aliphatic heterocycles. The lowest BCUT2D eigenvalue weighted by molar-refractivity contribution is -0.124. The van der Waals surface area contributed by atoms with E-state index in [4.69, 9.17) is 0 Å². The van der Waals surface area contributed by atoms with Gasteiger partial charge in [-0.05, 0) is 104 Å². The van der Waals surface area contributed by atoms with E-state index in [1.807, 2.05) is 13.1 Å². The van der Waals surface area contributed by atoms with E-state index < -0.39 is 0 Å². The highest BCUT2D eigenvalue weighted by Crippen LogP contribution is 2.61. The third kappa shape index (κ3) is 3.31. The maximum atomic E-state index is 13.9. The predicted octanol–water partition coefficient (Wildman–Crippen LogP) is 5.70. The van der Waals surface area contributed by atoms with E-state index in [0.717, 1.165) is 34.4 Å². The summed E-state index contributed by atoms with van der Waals surface area (Å²) in [5, 5.41) is 7.79. The molecule has 7 rings (SSSR count). The molecule has 4 bridgehead atoms. The van der Waals surface area contributed by atoms with Crippen LogP contribution in [-0.2, 0) is 4.79 Å². The Morgan fingerprint density at radius 1 is 1.16 bits per heavy atom. The van der Waals surface area contributed by atoms with Crippen LogP contribution in [0.15, 0.2) is 30.6 Å². The number of rotatable bonds is 4. The van der Waals surface area contributed by atoms with Gasteiger partial charge in [0.1, 0.15) is 5.82 Å². The summed E-state index contributed by atoms with van der Waals surface area (Å²) in [5.74, 6) is 2.73. The van der Waals surface area contributed by atoms with Crippen molar-refractivity contribution >= 4 is 17.4 Å². The van der Waals surface area contributed by atoms with Crippen LogP contribution in [0.25, 0.3) is 16.8 Å². The van der Waals surface area contributed by atoms with Gasteiger partial charge >= 0.3 is 0 Å². The summed E-state index contributed by atoms with van der Waals surface area (Å²) in [7, 11) is 0. The summed E-state index contributed by atoms with van der Waals surface area (Å²) in [6.07, 6.45) is 12.0. The van der Waals surface area contributed by atoms with Crippen LogP contribution in [0.1, 0.15) is 56.1 Å². The van der Waals surface area contributed by atoms with E-state index in [1.165, 1.54) is 44.6 Å². The van der Waals surface area contributed by atoms with Crippen molar-refractivity contribution in [3.05, 3.63) is 47.5 Å². The average molecular weight is 433 g/mol. The Labute approximate surface area is 187 Å². The number of anilines is 1. The van der Waals surface area contributed by atoms with Gasteiger partial charge in [-0.1, -0.05) is 6.07 Å². The van der Waals surface area contributed by atoms with Crippen molar-refractivity contribution in [2.45, 2.75) is 58.8 Å². The lowest BCUT2D eigenvalue weighted by Gasteiger charge is -2.56. The number of fused-ring (bicyclic) bond motifs is 1. The Kier molecular flexibility index (Phi) is 4.43. The maximum Gasteiger partial charge on any atom is 0.226 e. The quantitative estimate of drug-likeness (QED) is 0.576. The highest BCUT2D eigenvalue weighted by Gasteiger charge is 2.51. The highest BCUT2D eigenvalue weighted by atomic mass is 19.1. The molecular weight excluding hydrogens is 403 g/mol. The molecular formula is C26H29FN4O. The fourth-order valence-corrected chi connectivity index (χ4v) is 7.21. The molecule has 3 aromatic rings. The second-order valence-electron chi connectivity index (χ2n) is 10.7. The minimum absolute atomic E-state index is 0.0344. The van der Waals surface area contributed by atoms with Crippen molar-refractivity contribution in [3.63, 3.8) is 0 Å². The van der Waals surface area contributed by atoms with Gasteiger partial charge in [-0.15, -0.1) is 5.10 Å². The molecule has 0 unspecified atom stereocenters. The Morgan fingerprint density at radius 3 is 2.50 bits per heavy atom. The van der Waals surface area contributed by atoms with Crippen LogP contribution in [0.5, 0.6) is 0 Å². The van der Waals surface area contributed by atoms with Crippen LogP contribution in [0, 0.1) is 42.8 Å². The fourth-order valence-electron chi connectivity index (χ4n) is 7.21. The van der Waals surface area contributed by atoms with Crippen molar-refractivity contribution in [1.82, 2.24) is 14.6 Å². The molecule has 4 fully saturated rings. The largest absolute Gasteiger partial charge is 0.309 e. The van der Waals surface area contributed by atoms with E-state index in [0.29, 0.717) is 23.4 Å². The molecule has 0 radical (unpaired) electrons. The van der Waals surface area contributed by atoms with E-state index in [-0.39, 0.29) is 17.1 Å². The number of halogens is 1. The van der Waals surface area contributed by atoms with Crippen LogP contribution in [-0.4, -0.2) is 20.5 Å². The van der Waals surface area contributed by atoms with Crippen molar-refractivity contribution < 1.29 is 9.18 Å². The summed E-state index contributed by atoms with van der Waals surface area (Å²) in [4.78, 5) is 17.9. The highest BCUT2D eigenvalue weighted by molar-refractivity contribution is 5.98. The molecule has 5 nitrogen and oxygen atoms in total. The first-order chi connectivity index (χ1) is 15.4. The number of carbonyl (C=O) groups excluding carboxylic acids is 1. The first-order valence-corrected chi connectivity index (χ1v) is 11.8. The van der Waals surface area contributed by atoms with Crippen molar-refractivity contribution in [2.24, 2.45) is 23.2 Å². The standard InChI is InChI=1S/C26H29FN4O/c1-15-13-28-25-23(20-3-4-21(27)16(2)5-20)24(30-31(25)14-15)29-22(32)12-26-9-17-6-18(10-26)8-19(7-17)11-26/h3-5,13-14,17-19H,6-12H2,1-2H3,(H,29,30,32). The Morgan fingerprint density at radius 2 is 1.84 bits per heavy atom. The molecule has 32 heavy (non-hydrogen) atoms. The van der Waals surface area contributed by atoms with Gasteiger partial charge in [0.05, 0.1) is 5.56 Å². The third-order valence-corrected chi connectivity index (χ3v) is 8.01. The first kappa shape index (κ1) is 19.9. The predicted molar refractivity (Wildman–Crippen MR) is 122 cm³/mol. The van der Waals surface area contributed by atoms with Crippen molar-refractivity contribution in [1.29, 1.82) is 0 Å². The topological polar surface area (TPSA) is 59.3 Å². The molecule has 0 atom stereocenters. The van der Waals surface area contributed by atoms with E-state index in [2.05, 4.69) is 15.4 Å². The summed E-state index contributed by atoms with van der Waals surface area (Å²) >= 11 is 0. The smallest absolute Gasteiger partial charge is 0.226 e. The Hall–Kier alpha value is -2.76. The number of amides is 1. The average Bonchev–Trinajstić information content (AvgIpc) is 3.05. The lowest BCUT2D eigenvalue weighted by Crippen LogP contribution is -2.47. The monoisotopic (exact) mass is 432 g/mol. The zero-order chi connectivity index (χ0) is 22.0. The number of aryl methyl sites for hydroxylation is 2. The van der Waals surface area contributed by atoms with E-state index in [1.54, 1.807) is 29.8 Å². The first-order valence-electron chi connectivity index (χ1n) is 11.8. The third-order valence-electron chi connectivity index (χ3n) is 8.01. The zero-order valence-corrected chi connectivity index (χ0v) is 18.7. The minimum atomic E-state index is -0.249. The zero-order valence-electron chi connectivity index (χ0n) is 18.7. The van der Waals surface area contributed by atoms with Gasteiger partial charge in [-0.25, -0.2) is 13.9 Å². The molecule has 166 valence electrons. The van der Waals surface area contributed by atoms with Crippen LogP contribution in [0.2, 0.25) is 0 Å². The van der Waals surface area contributed by atoms with Gasteiger partial charge in [0.25, 0.3) is 0 Å². The summed E-state index contributed by atoms with van der Waals surface area (Å²) in [6, 6.07) is 4.99. The molecule has 4 aliphatic rings. The minimum Gasteiger partial charge on any atom is -0.309 e. The van der Waals surface area contributed by atoms with Crippen LogP contribution >= 0.6 is 0 Å². The van der Waals surface area contributed by atoms with Gasteiger partial charge < -0.3 is 5.32 Å². The van der Waals surface area contributed by atoms with Crippen molar-refractivity contribution in [3.8, 4) is 11.1 Å². The van der Waals surface area contributed by atoms with Gasteiger partial charge in [0.2, 0.25) is 5.91 Å². The molecule has 0 spiro atoms. The summed E-state index contributed by atoms with van der Waals surface area (Å²) in [5.41, 5.74) is 3.91. The number of hydrogen-bond acceptors (Lipinski definition) is 3. The van der Waals surface area contributed by atoms with E-state index in [9.17, 15) is 9.18 Å². The Balaban J connectivity index is 1.33. The lowest BCUT2D eigenvalue weighted by atomic mass is 9.49. The normalized spacial score (nSPS) is 28.4. The molecule has 2 heterocycles. The second kappa shape index (κ2) is 7.12. The maximum absolute atomic E-state index is 13.9. The van der Waals surface area contributed by atoms with E-state index >= 15 is 0 Å². The molecule has 6 heteroatoms. The second-order valence-corrected chi connectivity index (χ2v) is 10.7. The number of carbonyl (C=O) groups is 1. The molecule has 1 N–H and O–H groups in total. The number of nitrogens with zero attached hydrogens (tertiary/aromatic N) is 3. The van der Waals surface area contributed by atoms with Gasteiger partial charge in [0.15, 0.2) is 11.5 Å². The molecule has 4 aliphatic carbocycles. The van der Waals surface area contributed by atoms with Crippen molar-refractivity contribution in [2.75, 3.05) is 5.32 Å².